The predicted molar refractivity (Wildman–Crippen MR) is 122 cm³/mol. The van der Waals surface area contributed by atoms with Crippen molar-refractivity contribution in [1.29, 1.82) is 0 Å². The zero-order chi connectivity index (χ0) is 19.4. The molecule has 2 N–H and O–H groups in total. The van der Waals surface area contributed by atoms with Crippen molar-refractivity contribution in [3.05, 3.63) is 23.8 Å². The molecule has 1 fully saturated rings. The Morgan fingerprint density at radius 2 is 1.82 bits per heavy atom. The van der Waals surface area contributed by atoms with Crippen LogP contribution in [-0.4, -0.2) is 62.1 Å². The minimum absolute atomic E-state index is 0. The lowest BCUT2D eigenvalue weighted by Gasteiger charge is -2.45. The first-order chi connectivity index (χ1) is 12.9. The van der Waals surface area contributed by atoms with Gasteiger partial charge in [-0.1, -0.05) is 6.07 Å². The van der Waals surface area contributed by atoms with E-state index in [1.54, 1.807) is 7.05 Å². The molecule has 0 aromatic heterocycles. The van der Waals surface area contributed by atoms with Crippen LogP contribution in [0.3, 0.4) is 0 Å². The fourth-order valence-corrected chi connectivity index (χ4v) is 3.54. The number of guanidine groups is 1. The predicted octanol–water partition coefficient (Wildman–Crippen LogP) is 2.59. The van der Waals surface area contributed by atoms with Gasteiger partial charge in [0.25, 0.3) is 0 Å². The summed E-state index contributed by atoms with van der Waals surface area (Å²) in [5, 5.41) is 6.83. The van der Waals surface area contributed by atoms with E-state index < -0.39 is 0 Å². The summed E-state index contributed by atoms with van der Waals surface area (Å²) >= 11 is 0. The SMILES string of the molecule is CN=C(NCc1ccc2c(c1)OCO2)NCC(C)(C)N1CC(C)OC(C)C1.I. The van der Waals surface area contributed by atoms with Crippen molar-refractivity contribution in [1.82, 2.24) is 15.5 Å². The van der Waals surface area contributed by atoms with Crippen LogP contribution < -0.4 is 20.1 Å². The molecule has 1 aromatic carbocycles. The van der Waals surface area contributed by atoms with Crippen LogP contribution in [0.15, 0.2) is 23.2 Å². The average Bonchev–Trinajstić information content (AvgIpc) is 3.09. The molecule has 28 heavy (non-hydrogen) atoms. The van der Waals surface area contributed by atoms with E-state index in [9.17, 15) is 0 Å². The van der Waals surface area contributed by atoms with Gasteiger partial charge in [-0.3, -0.25) is 9.89 Å². The summed E-state index contributed by atoms with van der Waals surface area (Å²) in [5.41, 5.74) is 1.13. The molecule has 158 valence electrons. The molecule has 0 aliphatic carbocycles. The molecule has 1 saturated heterocycles. The van der Waals surface area contributed by atoms with Crippen molar-refractivity contribution in [2.75, 3.05) is 33.5 Å². The van der Waals surface area contributed by atoms with Crippen LogP contribution in [0.1, 0.15) is 33.3 Å². The van der Waals surface area contributed by atoms with Crippen LogP contribution in [0.5, 0.6) is 11.5 Å². The Morgan fingerprint density at radius 1 is 1.14 bits per heavy atom. The molecular weight excluding hydrogens is 471 g/mol. The van der Waals surface area contributed by atoms with Gasteiger partial charge in [0, 0.05) is 38.8 Å². The van der Waals surface area contributed by atoms with Crippen molar-refractivity contribution in [2.45, 2.75) is 52.0 Å². The lowest BCUT2D eigenvalue weighted by molar-refractivity contribution is -0.0946. The van der Waals surface area contributed by atoms with Gasteiger partial charge in [-0.15, -0.1) is 24.0 Å². The lowest BCUT2D eigenvalue weighted by atomic mass is 10.00. The number of hydrogen-bond acceptors (Lipinski definition) is 5. The molecular formula is C20H33IN4O3. The maximum Gasteiger partial charge on any atom is 0.231 e. The van der Waals surface area contributed by atoms with Crippen LogP contribution in [0.4, 0.5) is 0 Å². The summed E-state index contributed by atoms with van der Waals surface area (Å²) in [5.74, 6) is 2.39. The Balaban J connectivity index is 0.00000280. The molecule has 0 radical (unpaired) electrons. The highest BCUT2D eigenvalue weighted by Crippen LogP contribution is 2.32. The number of hydrogen-bond donors (Lipinski definition) is 2. The summed E-state index contributed by atoms with van der Waals surface area (Å²) in [6.07, 6.45) is 0.521. The van der Waals surface area contributed by atoms with Gasteiger partial charge in [0.05, 0.1) is 12.2 Å². The zero-order valence-electron chi connectivity index (χ0n) is 17.4. The Bertz CT molecular complexity index is 673. The standard InChI is InChI=1S/C20H32N4O3.HI/c1-14-10-24(11-15(2)27-14)20(3,4)12-23-19(21-5)22-9-16-6-7-17-18(8-16)26-13-25-17;/h6-8,14-15H,9-13H2,1-5H3,(H2,21,22,23);1H. The number of halogens is 1. The van der Waals surface area contributed by atoms with E-state index in [2.05, 4.69) is 48.2 Å². The second-order valence-electron chi connectivity index (χ2n) is 7.94. The van der Waals surface area contributed by atoms with E-state index in [1.165, 1.54) is 0 Å². The van der Waals surface area contributed by atoms with Crippen molar-refractivity contribution >= 4 is 29.9 Å². The second-order valence-corrected chi connectivity index (χ2v) is 7.94. The van der Waals surface area contributed by atoms with E-state index in [4.69, 9.17) is 14.2 Å². The minimum Gasteiger partial charge on any atom is -0.454 e. The molecule has 2 aliphatic rings. The largest absolute Gasteiger partial charge is 0.454 e. The molecule has 1 aromatic rings. The Labute approximate surface area is 185 Å². The Morgan fingerprint density at radius 3 is 2.50 bits per heavy atom. The first kappa shape index (κ1) is 23.0. The number of rotatable bonds is 5. The number of morpholine rings is 1. The summed E-state index contributed by atoms with van der Waals surface area (Å²) in [7, 11) is 1.79. The van der Waals surface area contributed by atoms with Crippen LogP contribution in [0.2, 0.25) is 0 Å². The van der Waals surface area contributed by atoms with E-state index >= 15 is 0 Å². The van der Waals surface area contributed by atoms with Gasteiger partial charge in [-0.2, -0.15) is 0 Å². The van der Waals surface area contributed by atoms with Gasteiger partial charge in [0.1, 0.15) is 0 Å². The molecule has 0 bridgehead atoms. The Hall–Kier alpha value is -1.26. The fraction of sp³-hybridized carbons (Fsp3) is 0.650. The number of ether oxygens (including phenoxy) is 3. The maximum absolute atomic E-state index is 5.86. The van der Waals surface area contributed by atoms with Gasteiger partial charge >= 0.3 is 0 Å². The van der Waals surface area contributed by atoms with Gasteiger partial charge in [-0.05, 0) is 45.4 Å². The van der Waals surface area contributed by atoms with Crippen molar-refractivity contribution in [3.8, 4) is 11.5 Å². The van der Waals surface area contributed by atoms with Crippen LogP contribution in [0.25, 0.3) is 0 Å². The molecule has 0 saturated carbocycles. The highest BCUT2D eigenvalue weighted by Gasteiger charge is 2.33. The van der Waals surface area contributed by atoms with Crippen molar-refractivity contribution in [2.24, 2.45) is 4.99 Å². The fourth-order valence-electron chi connectivity index (χ4n) is 3.54. The lowest BCUT2D eigenvalue weighted by Crippen LogP contribution is -2.59. The third kappa shape index (κ3) is 5.87. The van der Waals surface area contributed by atoms with E-state index in [1.807, 2.05) is 18.2 Å². The first-order valence-corrected chi connectivity index (χ1v) is 9.61. The monoisotopic (exact) mass is 504 g/mol. The number of aliphatic imine (C=N–C) groups is 1. The summed E-state index contributed by atoms with van der Waals surface area (Å²) in [4.78, 5) is 6.84. The Kier molecular flexibility index (Phi) is 8.20. The summed E-state index contributed by atoms with van der Waals surface area (Å²) in [6, 6.07) is 5.98. The number of fused-ring (bicyclic) bond motifs is 1. The number of nitrogens with one attached hydrogen (secondary N) is 2. The highest BCUT2D eigenvalue weighted by molar-refractivity contribution is 14.0. The quantitative estimate of drug-likeness (QED) is 0.365. The molecule has 2 atom stereocenters. The smallest absolute Gasteiger partial charge is 0.231 e. The minimum atomic E-state index is 0. The first-order valence-electron chi connectivity index (χ1n) is 9.61. The molecule has 2 heterocycles. The zero-order valence-corrected chi connectivity index (χ0v) is 19.8. The molecule has 3 rings (SSSR count). The second kappa shape index (κ2) is 9.98. The van der Waals surface area contributed by atoms with Crippen molar-refractivity contribution in [3.63, 3.8) is 0 Å². The highest BCUT2D eigenvalue weighted by atomic mass is 127. The van der Waals surface area contributed by atoms with Crippen LogP contribution in [0, 0.1) is 0 Å². The van der Waals surface area contributed by atoms with Gasteiger partial charge in [-0.25, -0.2) is 0 Å². The third-order valence-corrected chi connectivity index (χ3v) is 5.08. The summed E-state index contributed by atoms with van der Waals surface area (Å²) in [6.45, 7) is 12.4. The van der Waals surface area contributed by atoms with Crippen LogP contribution >= 0.6 is 24.0 Å². The van der Waals surface area contributed by atoms with Gasteiger partial charge in [0.2, 0.25) is 6.79 Å². The van der Waals surface area contributed by atoms with E-state index in [-0.39, 0.29) is 41.7 Å². The molecule has 7 nitrogen and oxygen atoms in total. The molecule has 2 unspecified atom stereocenters. The molecule has 8 heteroatoms. The topological polar surface area (TPSA) is 67.4 Å². The third-order valence-electron chi connectivity index (χ3n) is 5.08. The van der Waals surface area contributed by atoms with Crippen LogP contribution in [-0.2, 0) is 11.3 Å². The average molecular weight is 504 g/mol. The van der Waals surface area contributed by atoms with Gasteiger partial charge < -0.3 is 24.8 Å². The summed E-state index contributed by atoms with van der Waals surface area (Å²) < 4.78 is 16.7. The molecule has 2 aliphatic heterocycles. The normalized spacial score (nSPS) is 22.5. The number of nitrogens with zero attached hydrogens (tertiary/aromatic N) is 2. The van der Waals surface area contributed by atoms with Crippen molar-refractivity contribution < 1.29 is 14.2 Å². The maximum atomic E-state index is 5.86. The van der Waals surface area contributed by atoms with E-state index in [0.717, 1.165) is 42.7 Å². The molecule has 0 spiro atoms. The van der Waals surface area contributed by atoms with E-state index in [0.29, 0.717) is 13.3 Å². The number of benzene rings is 1. The van der Waals surface area contributed by atoms with Gasteiger partial charge in [0.15, 0.2) is 17.5 Å². The molecule has 0 amide bonds.